The van der Waals surface area contributed by atoms with Gasteiger partial charge in [-0.15, -0.1) is 0 Å². The van der Waals surface area contributed by atoms with Gasteiger partial charge in [0.1, 0.15) is 11.9 Å². The van der Waals surface area contributed by atoms with Crippen LogP contribution in [-0.2, 0) is 0 Å². The van der Waals surface area contributed by atoms with Crippen LogP contribution in [0, 0.1) is 13.8 Å². The molecule has 0 saturated heterocycles. The minimum Gasteiger partial charge on any atom is -0.486 e. The number of hydrogen-bond acceptors (Lipinski definition) is 1. The molecule has 1 atom stereocenters. The van der Waals surface area contributed by atoms with Crippen molar-refractivity contribution in [1.29, 1.82) is 0 Å². The second kappa shape index (κ2) is 5.59. The van der Waals surface area contributed by atoms with E-state index in [0.29, 0.717) is 0 Å². The minimum absolute atomic E-state index is 0.134. The molecule has 0 amide bonds. The molecule has 1 heteroatoms. The minimum atomic E-state index is 0.134. The number of aryl methyl sites for hydroxylation is 2. The van der Waals surface area contributed by atoms with Crippen LogP contribution in [0.5, 0.6) is 5.75 Å². The topological polar surface area (TPSA) is 9.23 Å². The summed E-state index contributed by atoms with van der Waals surface area (Å²) in [6.45, 7) is 10.1. The maximum absolute atomic E-state index is 5.95. The molecule has 0 radical (unpaired) electrons. The van der Waals surface area contributed by atoms with Gasteiger partial charge in [-0.3, -0.25) is 0 Å². The van der Waals surface area contributed by atoms with Gasteiger partial charge in [-0.1, -0.05) is 44.2 Å². The van der Waals surface area contributed by atoms with Gasteiger partial charge >= 0.3 is 0 Å². The summed E-state index contributed by atoms with van der Waals surface area (Å²) in [6, 6.07) is 6.21. The fraction of sp³-hybridized carbons (Fsp3) is 0.429. The molecular formula is C14H20O. The molecule has 0 aliphatic rings. The molecule has 0 fully saturated rings. The summed E-state index contributed by atoms with van der Waals surface area (Å²) in [5.74, 6) is 1.01. The summed E-state index contributed by atoms with van der Waals surface area (Å²) in [5.41, 5.74) is 2.39. The van der Waals surface area contributed by atoms with Crippen LogP contribution < -0.4 is 4.74 Å². The van der Waals surface area contributed by atoms with E-state index in [2.05, 4.69) is 45.5 Å². The van der Waals surface area contributed by atoms with Gasteiger partial charge in [-0.2, -0.15) is 0 Å². The highest BCUT2D eigenvalue weighted by Gasteiger charge is 2.08. The molecule has 0 aliphatic heterocycles. The lowest BCUT2D eigenvalue weighted by molar-refractivity contribution is 0.234. The largest absolute Gasteiger partial charge is 0.486 e. The van der Waals surface area contributed by atoms with Crippen molar-refractivity contribution in [2.24, 2.45) is 0 Å². The summed E-state index contributed by atoms with van der Waals surface area (Å²) in [5, 5.41) is 0. The molecular weight excluding hydrogens is 184 g/mol. The normalized spacial score (nSPS) is 12.2. The standard InChI is InChI=1S/C14H20O/c1-5-8-13(6-2)15-14-11(3)9-7-10-12(14)4/h6-7,9-10,13H,2,5,8H2,1,3-4H3. The zero-order chi connectivity index (χ0) is 11.3. The lowest BCUT2D eigenvalue weighted by Crippen LogP contribution is -2.14. The quantitative estimate of drug-likeness (QED) is 0.658. The molecule has 1 unspecified atom stereocenters. The van der Waals surface area contributed by atoms with Gasteiger partial charge in [0.05, 0.1) is 0 Å². The maximum atomic E-state index is 5.95. The van der Waals surface area contributed by atoms with Crippen molar-refractivity contribution in [1.82, 2.24) is 0 Å². The van der Waals surface area contributed by atoms with E-state index >= 15 is 0 Å². The molecule has 0 heterocycles. The first-order valence-corrected chi connectivity index (χ1v) is 5.54. The third-order valence-corrected chi connectivity index (χ3v) is 2.51. The number of ether oxygens (including phenoxy) is 1. The number of benzene rings is 1. The van der Waals surface area contributed by atoms with Crippen LogP contribution in [0.1, 0.15) is 30.9 Å². The molecule has 0 bridgehead atoms. The van der Waals surface area contributed by atoms with Gasteiger partial charge in [-0.05, 0) is 31.4 Å². The van der Waals surface area contributed by atoms with Crippen molar-refractivity contribution in [3.05, 3.63) is 42.0 Å². The van der Waals surface area contributed by atoms with Gasteiger partial charge in [0.15, 0.2) is 0 Å². The molecule has 0 aliphatic carbocycles. The summed E-state index contributed by atoms with van der Waals surface area (Å²) >= 11 is 0. The predicted molar refractivity (Wildman–Crippen MR) is 65.4 cm³/mol. The van der Waals surface area contributed by atoms with Crippen molar-refractivity contribution in [2.75, 3.05) is 0 Å². The van der Waals surface area contributed by atoms with Crippen LogP contribution >= 0.6 is 0 Å². The van der Waals surface area contributed by atoms with E-state index in [9.17, 15) is 0 Å². The maximum Gasteiger partial charge on any atom is 0.126 e. The van der Waals surface area contributed by atoms with E-state index in [1.807, 2.05) is 6.08 Å². The molecule has 82 valence electrons. The summed E-state index contributed by atoms with van der Waals surface area (Å²) in [7, 11) is 0. The van der Waals surface area contributed by atoms with Crippen molar-refractivity contribution in [3.8, 4) is 5.75 Å². The third kappa shape index (κ3) is 3.12. The average Bonchev–Trinajstić information content (AvgIpc) is 2.22. The van der Waals surface area contributed by atoms with Crippen LogP contribution in [0.2, 0.25) is 0 Å². The van der Waals surface area contributed by atoms with Gasteiger partial charge in [-0.25, -0.2) is 0 Å². The summed E-state index contributed by atoms with van der Waals surface area (Å²) in [6.07, 6.45) is 4.16. The first kappa shape index (κ1) is 11.8. The molecule has 1 nitrogen and oxygen atoms in total. The first-order chi connectivity index (χ1) is 7.19. The molecule has 0 spiro atoms. The number of rotatable bonds is 5. The van der Waals surface area contributed by atoms with Crippen molar-refractivity contribution < 1.29 is 4.74 Å². The highest BCUT2D eigenvalue weighted by molar-refractivity contribution is 5.40. The lowest BCUT2D eigenvalue weighted by atomic mass is 10.1. The van der Waals surface area contributed by atoms with Crippen LogP contribution in [0.3, 0.4) is 0 Å². The number of para-hydroxylation sites is 1. The Bertz CT molecular complexity index is 308. The monoisotopic (exact) mass is 204 g/mol. The van der Waals surface area contributed by atoms with Gasteiger partial charge in [0, 0.05) is 0 Å². The molecule has 1 rings (SSSR count). The highest BCUT2D eigenvalue weighted by Crippen LogP contribution is 2.24. The third-order valence-electron chi connectivity index (χ3n) is 2.51. The molecule has 0 saturated carbocycles. The Hall–Kier alpha value is -1.24. The Balaban J connectivity index is 2.82. The second-order valence-electron chi connectivity index (χ2n) is 3.90. The Morgan fingerprint density at radius 3 is 2.40 bits per heavy atom. The molecule has 0 N–H and O–H groups in total. The zero-order valence-corrected chi connectivity index (χ0v) is 9.92. The molecule has 1 aromatic rings. The summed E-state index contributed by atoms with van der Waals surface area (Å²) in [4.78, 5) is 0. The lowest BCUT2D eigenvalue weighted by Gasteiger charge is -2.18. The predicted octanol–water partition coefficient (Wildman–Crippen LogP) is 4.04. The van der Waals surface area contributed by atoms with E-state index in [1.54, 1.807) is 0 Å². The highest BCUT2D eigenvalue weighted by atomic mass is 16.5. The Kier molecular flexibility index (Phi) is 4.41. The van der Waals surface area contributed by atoms with E-state index in [1.165, 1.54) is 11.1 Å². The van der Waals surface area contributed by atoms with Crippen molar-refractivity contribution >= 4 is 0 Å². The van der Waals surface area contributed by atoms with E-state index in [-0.39, 0.29) is 6.10 Å². The Labute approximate surface area is 92.8 Å². The van der Waals surface area contributed by atoms with Crippen LogP contribution in [0.25, 0.3) is 0 Å². The van der Waals surface area contributed by atoms with Crippen molar-refractivity contribution in [2.45, 2.75) is 39.7 Å². The fourth-order valence-electron chi connectivity index (χ4n) is 1.65. The molecule has 1 aromatic carbocycles. The van der Waals surface area contributed by atoms with Crippen LogP contribution in [-0.4, -0.2) is 6.10 Å². The van der Waals surface area contributed by atoms with Gasteiger partial charge in [0.25, 0.3) is 0 Å². The zero-order valence-electron chi connectivity index (χ0n) is 9.92. The van der Waals surface area contributed by atoms with Crippen molar-refractivity contribution in [3.63, 3.8) is 0 Å². The molecule has 0 aromatic heterocycles. The van der Waals surface area contributed by atoms with E-state index in [0.717, 1.165) is 18.6 Å². The fourth-order valence-corrected chi connectivity index (χ4v) is 1.65. The summed E-state index contributed by atoms with van der Waals surface area (Å²) < 4.78 is 5.95. The molecule has 15 heavy (non-hydrogen) atoms. The average molecular weight is 204 g/mol. The smallest absolute Gasteiger partial charge is 0.126 e. The van der Waals surface area contributed by atoms with Gasteiger partial charge < -0.3 is 4.74 Å². The van der Waals surface area contributed by atoms with E-state index in [4.69, 9.17) is 4.74 Å². The van der Waals surface area contributed by atoms with Crippen LogP contribution in [0.4, 0.5) is 0 Å². The van der Waals surface area contributed by atoms with Crippen LogP contribution in [0.15, 0.2) is 30.9 Å². The Morgan fingerprint density at radius 1 is 1.33 bits per heavy atom. The first-order valence-electron chi connectivity index (χ1n) is 5.54. The van der Waals surface area contributed by atoms with Gasteiger partial charge in [0.2, 0.25) is 0 Å². The van der Waals surface area contributed by atoms with E-state index < -0.39 is 0 Å². The number of hydrogen-bond donors (Lipinski definition) is 0. The second-order valence-corrected chi connectivity index (χ2v) is 3.90. The SMILES string of the molecule is C=CC(CCC)Oc1c(C)cccc1C. The Morgan fingerprint density at radius 2 is 1.93 bits per heavy atom.